The van der Waals surface area contributed by atoms with Crippen LogP contribution < -0.4 is 22.1 Å². The fourth-order valence-corrected chi connectivity index (χ4v) is 4.10. The van der Waals surface area contributed by atoms with Gasteiger partial charge in [0.25, 0.3) is 0 Å². The zero-order valence-corrected chi connectivity index (χ0v) is 17.4. The number of hydrogen-bond donors (Lipinski definition) is 5. The first kappa shape index (κ1) is 19.6. The summed E-state index contributed by atoms with van der Waals surface area (Å²) in [5.41, 5.74) is 20.3. The van der Waals surface area contributed by atoms with E-state index in [9.17, 15) is 0 Å². The van der Waals surface area contributed by atoms with Crippen molar-refractivity contribution in [2.45, 2.75) is 19.4 Å². The Morgan fingerprint density at radius 2 is 2.10 bits per heavy atom. The normalized spacial score (nSPS) is 18.7. The van der Waals surface area contributed by atoms with Gasteiger partial charge >= 0.3 is 0 Å². The van der Waals surface area contributed by atoms with Gasteiger partial charge in [0.05, 0.1) is 11.7 Å². The van der Waals surface area contributed by atoms with Crippen molar-refractivity contribution in [3.05, 3.63) is 77.2 Å². The Hall–Kier alpha value is -3.67. The van der Waals surface area contributed by atoms with Gasteiger partial charge in [-0.25, -0.2) is 0 Å². The first-order chi connectivity index (χ1) is 14.6. The van der Waals surface area contributed by atoms with E-state index in [1.54, 1.807) is 19.5 Å². The van der Waals surface area contributed by atoms with Crippen LogP contribution in [0, 0.1) is 0 Å². The third kappa shape index (κ3) is 3.64. The van der Waals surface area contributed by atoms with E-state index >= 15 is 0 Å². The molecule has 2 aromatic carbocycles. The van der Waals surface area contributed by atoms with Gasteiger partial charge in [-0.05, 0) is 48.7 Å². The maximum absolute atomic E-state index is 6.22. The molecule has 6 nitrogen and oxygen atoms in total. The van der Waals surface area contributed by atoms with Crippen LogP contribution in [-0.4, -0.2) is 24.8 Å². The van der Waals surface area contributed by atoms with E-state index < -0.39 is 0 Å². The minimum absolute atomic E-state index is 0.113. The number of anilines is 1. The van der Waals surface area contributed by atoms with Crippen LogP contribution in [0.3, 0.4) is 0 Å². The van der Waals surface area contributed by atoms with Crippen LogP contribution in [0.5, 0.6) is 0 Å². The molecule has 2 heterocycles. The van der Waals surface area contributed by atoms with E-state index in [2.05, 4.69) is 63.1 Å². The second-order valence-corrected chi connectivity index (χ2v) is 7.53. The number of nitrogens with two attached hydrogens (primary N) is 2. The molecule has 0 spiro atoms. The van der Waals surface area contributed by atoms with Crippen LogP contribution in [-0.2, 0) is 0 Å². The van der Waals surface area contributed by atoms with Crippen LogP contribution in [0.2, 0.25) is 0 Å². The second kappa shape index (κ2) is 8.37. The molecular weight excluding hydrogens is 372 g/mol. The third-order valence-electron chi connectivity index (χ3n) is 5.53. The second-order valence-electron chi connectivity index (χ2n) is 7.53. The minimum Gasteiger partial charge on any atom is -0.404 e. The molecule has 0 amide bonds. The van der Waals surface area contributed by atoms with Crippen molar-refractivity contribution in [1.29, 1.82) is 0 Å². The molecule has 0 bridgehead atoms. The fourth-order valence-electron chi connectivity index (χ4n) is 4.10. The van der Waals surface area contributed by atoms with Gasteiger partial charge in [0.1, 0.15) is 0 Å². The molecule has 0 fully saturated rings. The van der Waals surface area contributed by atoms with Crippen LogP contribution >= 0.6 is 0 Å². The molecule has 1 unspecified atom stereocenters. The molecular formula is C24H28N6. The smallest absolute Gasteiger partial charge is 0.0605 e. The molecule has 0 radical (unpaired) electrons. The van der Waals surface area contributed by atoms with Crippen molar-refractivity contribution in [3.63, 3.8) is 0 Å². The number of aliphatic imine (C=N–C) groups is 1. The highest BCUT2D eigenvalue weighted by Gasteiger charge is 2.23. The average molecular weight is 401 g/mol. The van der Waals surface area contributed by atoms with Crippen LogP contribution in [0.1, 0.15) is 36.1 Å². The van der Waals surface area contributed by atoms with Crippen LogP contribution in [0.4, 0.5) is 5.69 Å². The Morgan fingerprint density at radius 1 is 1.23 bits per heavy atom. The number of nitrogens with one attached hydrogen (secondary N) is 3. The molecule has 4 rings (SSSR count). The lowest BCUT2D eigenvalue weighted by atomic mass is 9.92. The number of rotatable bonds is 4. The molecule has 3 aromatic rings. The summed E-state index contributed by atoms with van der Waals surface area (Å²) in [4.78, 5) is 7.42. The van der Waals surface area contributed by atoms with E-state index in [1.165, 1.54) is 10.9 Å². The van der Waals surface area contributed by atoms with Gasteiger partial charge in [-0.15, -0.1) is 0 Å². The lowest BCUT2D eigenvalue weighted by Gasteiger charge is -2.22. The zero-order valence-electron chi connectivity index (χ0n) is 17.4. The maximum Gasteiger partial charge on any atom is 0.0605 e. The SMILES string of the molecule is CN=CC(=CN)c1ccc2c(c1)C(Nc1cccc3[nH]ccc13)CCN/C2=C(/C)N. The quantitative estimate of drug-likeness (QED) is 0.428. The zero-order chi connectivity index (χ0) is 21.1. The lowest BCUT2D eigenvalue weighted by molar-refractivity contribution is 0.683. The Labute approximate surface area is 176 Å². The summed E-state index contributed by atoms with van der Waals surface area (Å²) < 4.78 is 0. The Kier molecular flexibility index (Phi) is 5.48. The molecule has 0 saturated carbocycles. The van der Waals surface area contributed by atoms with Gasteiger partial charge in [0.2, 0.25) is 0 Å². The van der Waals surface area contributed by atoms with Crippen molar-refractivity contribution in [2.75, 3.05) is 18.9 Å². The summed E-state index contributed by atoms with van der Waals surface area (Å²) in [5, 5.41) is 8.47. The number of fused-ring (bicyclic) bond motifs is 2. The van der Waals surface area contributed by atoms with Gasteiger partial charge in [0, 0.05) is 65.6 Å². The molecule has 1 aliphatic heterocycles. The highest BCUT2D eigenvalue weighted by atomic mass is 15.0. The molecule has 1 aromatic heterocycles. The summed E-state index contributed by atoms with van der Waals surface area (Å²) in [6.45, 7) is 2.76. The molecule has 30 heavy (non-hydrogen) atoms. The van der Waals surface area contributed by atoms with E-state index in [4.69, 9.17) is 11.5 Å². The number of allylic oxidation sites excluding steroid dienone is 2. The predicted octanol–water partition coefficient (Wildman–Crippen LogP) is 3.96. The topological polar surface area (TPSA) is 104 Å². The summed E-state index contributed by atoms with van der Waals surface area (Å²) in [5.74, 6) is 0. The van der Waals surface area contributed by atoms with Crippen molar-refractivity contribution in [2.24, 2.45) is 16.5 Å². The van der Waals surface area contributed by atoms with Crippen LogP contribution in [0.25, 0.3) is 22.2 Å². The number of nitrogens with zero attached hydrogens (tertiary/aromatic N) is 1. The molecule has 1 atom stereocenters. The van der Waals surface area contributed by atoms with E-state index in [1.807, 2.05) is 13.1 Å². The number of aromatic amines is 1. The number of hydrogen-bond acceptors (Lipinski definition) is 5. The molecule has 7 N–H and O–H groups in total. The first-order valence-electron chi connectivity index (χ1n) is 10.1. The number of aromatic nitrogens is 1. The predicted molar refractivity (Wildman–Crippen MR) is 127 cm³/mol. The standard InChI is InChI=1S/C24H28N6/c1-15(26)24-18-7-6-16(17(13-25)14-27-2)12-20(18)23(9-11-29-24)30-22-5-3-4-21-19(22)8-10-28-21/h3-8,10,12-14,23,28-30H,9,11,25-26H2,1-2H3/b17-13?,24-15-,27-14?. The Bertz CT molecular complexity index is 1150. The van der Waals surface area contributed by atoms with Crippen molar-refractivity contribution >= 4 is 34.1 Å². The fraction of sp³-hybridized carbons (Fsp3) is 0.208. The molecule has 0 saturated heterocycles. The highest BCUT2D eigenvalue weighted by molar-refractivity contribution is 6.09. The summed E-state index contributed by atoms with van der Waals surface area (Å²) in [6, 6.07) is 14.9. The summed E-state index contributed by atoms with van der Waals surface area (Å²) in [6.07, 6.45) is 6.26. The number of benzene rings is 2. The van der Waals surface area contributed by atoms with E-state index in [-0.39, 0.29) is 6.04 Å². The third-order valence-corrected chi connectivity index (χ3v) is 5.53. The van der Waals surface area contributed by atoms with Crippen LogP contribution in [0.15, 0.2) is 65.6 Å². The Morgan fingerprint density at radius 3 is 2.87 bits per heavy atom. The average Bonchev–Trinajstić information content (AvgIpc) is 3.16. The maximum atomic E-state index is 6.22. The number of H-pyrrole nitrogens is 1. The summed E-state index contributed by atoms with van der Waals surface area (Å²) >= 11 is 0. The van der Waals surface area contributed by atoms with E-state index in [0.29, 0.717) is 0 Å². The van der Waals surface area contributed by atoms with Gasteiger partial charge in [0.15, 0.2) is 0 Å². The molecule has 6 heteroatoms. The first-order valence-corrected chi connectivity index (χ1v) is 10.1. The molecule has 0 aliphatic carbocycles. The van der Waals surface area contributed by atoms with Gasteiger partial charge < -0.3 is 27.1 Å². The van der Waals surface area contributed by atoms with Gasteiger partial charge in [-0.1, -0.05) is 18.2 Å². The minimum atomic E-state index is 0.113. The summed E-state index contributed by atoms with van der Waals surface area (Å²) in [7, 11) is 1.75. The Balaban J connectivity index is 1.83. The van der Waals surface area contributed by atoms with Crippen molar-refractivity contribution in [3.8, 4) is 0 Å². The molecule has 1 aliphatic rings. The molecule has 154 valence electrons. The van der Waals surface area contributed by atoms with E-state index in [0.717, 1.165) is 52.3 Å². The van der Waals surface area contributed by atoms with Gasteiger partial charge in [-0.2, -0.15) is 0 Å². The van der Waals surface area contributed by atoms with Crippen molar-refractivity contribution < 1.29 is 0 Å². The highest BCUT2D eigenvalue weighted by Crippen LogP contribution is 2.35. The largest absolute Gasteiger partial charge is 0.404 e. The lowest BCUT2D eigenvalue weighted by Crippen LogP contribution is -2.16. The van der Waals surface area contributed by atoms with Crippen molar-refractivity contribution in [1.82, 2.24) is 10.3 Å². The monoisotopic (exact) mass is 400 g/mol. The van der Waals surface area contributed by atoms with Gasteiger partial charge in [-0.3, -0.25) is 4.99 Å².